The lowest BCUT2D eigenvalue weighted by molar-refractivity contribution is 0.477. The Labute approximate surface area is 121 Å². The van der Waals surface area contributed by atoms with Gasteiger partial charge in [0.05, 0.1) is 16.4 Å². The number of nitrogens with zero attached hydrogens (tertiary/aromatic N) is 1. The minimum absolute atomic E-state index is 0.0837. The van der Waals surface area contributed by atoms with E-state index in [1.54, 1.807) is 12.4 Å². The van der Waals surface area contributed by atoms with Gasteiger partial charge >= 0.3 is 0 Å². The largest absolute Gasteiger partial charge is 0.454 e. The lowest BCUT2D eigenvalue weighted by Crippen LogP contribution is -2.10. The summed E-state index contributed by atoms with van der Waals surface area (Å²) in [5, 5.41) is 0. The Morgan fingerprint density at radius 3 is 2.58 bits per heavy atom. The Hall–Kier alpha value is -1.55. The maximum atomic E-state index is 5.88. The van der Waals surface area contributed by atoms with Gasteiger partial charge in [-0.2, -0.15) is 0 Å². The first-order valence-corrected chi connectivity index (χ1v) is 6.84. The molecule has 2 aromatic rings. The molecular weight excluding hydrogens is 304 g/mol. The predicted molar refractivity (Wildman–Crippen MR) is 81.6 cm³/mol. The first-order chi connectivity index (χ1) is 8.88. The minimum Gasteiger partial charge on any atom is -0.454 e. The monoisotopic (exact) mass is 320 g/mol. The van der Waals surface area contributed by atoms with Crippen molar-refractivity contribution in [1.29, 1.82) is 0 Å². The third-order valence-corrected chi connectivity index (χ3v) is 3.37. The smallest absolute Gasteiger partial charge is 0.167 e. The van der Waals surface area contributed by atoms with Crippen LogP contribution in [0, 0.1) is 0 Å². The molecule has 0 spiro atoms. The Morgan fingerprint density at radius 1 is 1.21 bits per heavy atom. The predicted octanol–water partition coefficient (Wildman–Crippen LogP) is 4.52. The summed E-state index contributed by atoms with van der Waals surface area (Å²) < 4.78 is 6.61. The van der Waals surface area contributed by atoms with E-state index < -0.39 is 0 Å². The molecule has 19 heavy (non-hydrogen) atoms. The number of hydrogen-bond acceptors (Lipinski definition) is 3. The molecule has 0 bridgehead atoms. The third-order valence-electron chi connectivity index (χ3n) is 2.80. The maximum Gasteiger partial charge on any atom is 0.167 e. The van der Waals surface area contributed by atoms with E-state index in [9.17, 15) is 0 Å². The molecule has 0 saturated heterocycles. The highest BCUT2D eigenvalue weighted by Crippen LogP contribution is 2.35. The van der Waals surface area contributed by atoms with Crippen LogP contribution in [0.1, 0.15) is 26.3 Å². The highest BCUT2D eigenvalue weighted by Gasteiger charge is 2.15. The molecule has 0 amide bonds. The molecule has 0 saturated carbocycles. The van der Waals surface area contributed by atoms with Gasteiger partial charge in [0.1, 0.15) is 5.75 Å². The van der Waals surface area contributed by atoms with E-state index >= 15 is 0 Å². The highest BCUT2D eigenvalue weighted by atomic mass is 79.9. The maximum absolute atomic E-state index is 5.88. The average molecular weight is 321 g/mol. The Morgan fingerprint density at radius 2 is 1.95 bits per heavy atom. The molecular formula is C15H17BrN2O. The molecule has 0 fully saturated rings. The van der Waals surface area contributed by atoms with Gasteiger partial charge in [0.2, 0.25) is 0 Å². The SMILES string of the molecule is CC(C)(C)c1cccc(Oc2c(N)cncc2Br)c1. The summed E-state index contributed by atoms with van der Waals surface area (Å²) in [4.78, 5) is 3.99. The van der Waals surface area contributed by atoms with Gasteiger partial charge < -0.3 is 10.5 Å². The summed E-state index contributed by atoms with van der Waals surface area (Å²) in [5.74, 6) is 1.37. The van der Waals surface area contributed by atoms with Crippen molar-refractivity contribution in [2.45, 2.75) is 26.2 Å². The molecule has 1 aromatic heterocycles. The van der Waals surface area contributed by atoms with Crippen LogP contribution >= 0.6 is 15.9 Å². The van der Waals surface area contributed by atoms with Crippen molar-refractivity contribution in [2.75, 3.05) is 5.73 Å². The van der Waals surface area contributed by atoms with Gasteiger partial charge in [-0.1, -0.05) is 32.9 Å². The summed E-state index contributed by atoms with van der Waals surface area (Å²) in [6, 6.07) is 8.03. The van der Waals surface area contributed by atoms with Crippen molar-refractivity contribution in [1.82, 2.24) is 4.98 Å². The number of benzene rings is 1. The quantitative estimate of drug-likeness (QED) is 0.885. The van der Waals surface area contributed by atoms with Crippen molar-refractivity contribution >= 4 is 21.6 Å². The standard InChI is InChI=1S/C15H17BrN2O/c1-15(2,3)10-5-4-6-11(7-10)19-14-12(16)8-18-9-13(14)17/h4-9H,17H2,1-3H3. The fourth-order valence-corrected chi connectivity index (χ4v) is 2.12. The van der Waals surface area contributed by atoms with Crippen molar-refractivity contribution < 1.29 is 4.74 Å². The molecule has 2 N–H and O–H groups in total. The van der Waals surface area contributed by atoms with Crippen molar-refractivity contribution in [3.8, 4) is 11.5 Å². The summed E-state index contributed by atoms with van der Waals surface area (Å²) >= 11 is 3.40. The van der Waals surface area contributed by atoms with Gasteiger partial charge in [-0.15, -0.1) is 0 Å². The number of nitrogen functional groups attached to an aromatic ring is 1. The second kappa shape index (κ2) is 5.21. The molecule has 4 heteroatoms. The summed E-state index contributed by atoms with van der Waals surface area (Å²) in [6.07, 6.45) is 3.24. The van der Waals surface area contributed by atoms with Crippen molar-refractivity contribution in [2.24, 2.45) is 0 Å². The van der Waals surface area contributed by atoms with Crippen LogP contribution in [-0.4, -0.2) is 4.98 Å². The molecule has 0 unspecified atom stereocenters. The highest BCUT2D eigenvalue weighted by molar-refractivity contribution is 9.10. The molecule has 0 atom stereocenters. The first kappa shape index (κ1) is 13.9. The van der Waals surface area contributed by atoms with E-state index in [0.29, 0.717) is 11.4 Å². The molecule has 1 heterocycles. The second-order valence-corrected chi connectivity index (χ2v) is 6.27. The number of halogens is 1. The summed E-state index contributed by atoms with van der Waals surface area (Å²) in [7, 11) is 0. The van der Waals surface area contributed by atoms with E-state index in [2.05, 4.69) is 47.8 Å². The average Bonchev–Trinajstić information content (AvgIpc) is 2.33. The molecule has 2 rings (SSSR count). The first-order valence-electron chi connectivity index (χ1n) is 6.05. The number of rotatable bonds is 2. The van der Waals surface area contributed by atoms with Crippen LogP contribution in [0.2, 0.25) is 0 Å². The van der Waals surface area contributed by atoms with Gasteiger partial charge in [0.25, 0.3) is 0 Å². The van der Waals surface area contributed by atoms with Crippen LogP contribution in [0.5, 0.6) is 11.5 Å². The number of aromatic nitrogens is 1. The van der Waals surface area contributed by atoms with Crippen LogP contribution in [0.3, 0.4) is 0 Å². The summed E-state index contributed by atoms with van der Waals surface area (Å²) in [5.41, 5.74) is 7.69. The fourth-order valence-electron chi connectivity index (χ4n) is 1.69. The topological polar surface area (TPSA) is 48.1 Å². The number of hydrogen-bond donors (Lipinski definition) is 1. The van der Waals surface area contributed by atoms with Crippen LogP contribution < -0.4 is 10.5 Å². The van der Waals surface area contributed by atoms with Crippen LogP contribution in [0.15, 0.2) is 41.1 Å². The van der Waals surface area contributed by atoms with E-state index in [-0.39, 0.29) is 5.41 Å². The van der Waals surface area contributed by atoms with Crippen LogP contribution in [0.25, 0.3) is 0 Å². The molecule has 100 valence electrons. The Balaban J connectivity index is 2.34. The van der Waals surface area contributed by atoms with Gasteiger partial charge in [-0.05, 0) is 39.0 Å². The number of ether oxygens (including phenoxy) is 1. The second-order valence-electron chi connectivity index (χ2n) is 5.42. The normalized spacial score (nSPS) is 11.4. The zero-order chi connectivity index (χ0) is 14.0. The molecule has 0 aliphatic carbocycles. The van der Waals surface area contributed by atoms with E-state index in [1.807, 2.05) is 18.2 Å². The molecule has 0 aliphatic rings. The van der Waals surface area contributed by atoms with Gasteiger partial charge in [-0.25, -0.2) is 0 Å². The van der Waals surface area contributed by atoms with E-state index in [4.69, 9.17) is 10.5 Å². The van der Waals surface area contributed by atoms with Gasteiger partial charge in [0.15, 0.2) is 5.75 Å². The van der Waals surface area contributed by atoms with Gasteiger partial charge in [0, 0.05) is 6.20 Å². The molecule has 3 nitrogen and oxygen atoms in total. The van der Waals surface area contributed by atoms with Crippen molar-refractivity contribution in [3.05, 3.63) is 46.7 Å². The Kier molecular flexibility index (Phi) is 3.80. The molecule has 1 aromatic carbocycles. The third kappa shape index (κ3) is 3.26. The number of pyridine rings is 1. The molecule has 0 aliphatic heterocycles. The van der Waals surface area contributed by atoms with E-state index in [0.717, 1.165) is 10.2 Å². The van der Waals surface area contributed by atoms with Crippen LogP contribution in [-0.2, 0) is 5.41 Å². The lowest BCUT2D eigenvalue weighted by Gasteiger charge is -2.20. The summed E-state index contributed by atoms with van der Waals surface area (Å²) in [6.45, 7) is 6.51. The molecule has 0 radical (unpaired) electrons. The Bertz CT molecular complexity index is 571. The number of anilines is 1. The zero-order valence-electron chi connectivity index (χ0n) is 11.3. The van der Waals surface area contributed by atoms with Crippen molar-refractivity contribution in [3.63, 3.8) is 0 Å². The minimum atomic E-state index is 0.0837. The van der Waals surface area contributed by atoms with Gasteiger partial charge in [-0.3, -0.25) is 4.98 Å². The van der Waals surface area contributed by atoms with Crippen LogP contribution in [0.4, 0.5) is 5.69 Å². The number of nitrogens with two attached hydrogens (primary N) is 1. The fraction of sp³-hybridized carbons (Fsp3) is 0.267. The lowest BCUT2D eigenvalue weighted by atomic mass is 9.87. The van der Waals surface area contributed by atoms with E-state index in [1.165, 1.54) is 5.56 Å². The zero-order valence-corrected chi connectivity index (χ0v) is 12.9.